The third kappa shape index (κ3) is 6.46. The van der Waals surface area contributed by atoms with Gasteiger partial charge in [-0.3, -0.25) is 4.79 Å². The number of aliphatic hydroxyl groups is 1. The molecule has 1 amide bonds. The van der Waals surface area contributed by atoms with Crippen molar-refractivity contribution in [3.8, 4) is 23.0 Å². The molecule has 0 aliphatic heterocycles. The van der Waals surface area contributed by atoms with Crippen LogP contribution in [0, 0.1) is 0 Å². The van der Waals surface area contributed by atoms with Crippen LogP contribution in [0.1, 0.15) is 23.6 Å². The fourth-order valence-electron chi connectivity index (χ4n) is 3.52. The lowest BCUT2D eigenvalue weighted by Crippen LogP contribution is -2.25. The molecule has 0 heterocycles. The minimum Gasteiger partial charge on any atom is -0.493 e. The number of amides is 1. The molecule has 0 radical (unpaired) electrons. The fraction of sp³-hybridized carbons (Fsp3) is 0.269. The Morgan fingerprint density at radius 3 is 2.28 bits per heavy atom. The smallest absolute Gasteiger partial charge is 0.339 e. The van der Waals surface area contributed by atoms with E-state index in [1.54, 1.807) is 36.4 Å². The van der Waals surface area contributed by atoms with E-state index in [2.05, 4.69) is 5.32 Å². The molecule has 0 saturated carbocycles. The van der Waals surface area contributed by atoms with Crippen LogP contribution in [-0.4, -0.2) is 40.3 Å². The zero-order chi connectivity index (χ0) is 26.1. The third-order valence-electron chi connectivity index (χ3n) is 5.29. The number of carbonyl (C=O) groups excluding carboxylic acids is 1. The number of nitrogens with one attached hydrogen (secondary N) is 1. The van der Waals surface area contributed by atoms with Gasteiger partial charge in [-0.05, 0) is 48.4 Å². The first kappa shape index (κ1) is 26.8. The lowest BCUT2D eigenvalue weighted by molar-refractivity contribution is -0.120. The summed E-state index contributed by atoms with van der Waals surface area (Å²) in [4.78, 5) is 12.7. The van der Waals surface area contributed by atoms with Gasteiger partial charge >= 0.3 is 10.1 Å². The highest BCUT2D eigenvalue weighted by atomic mass is 32.2. The van der Waals surface area contributed by atoms with Crippen LogP contribution in [0.15, 0.2) is 65.6 Å². The van der Waals surface area contributed by atoms with Gasteiger partial charge in [-0.2, -0.15) is 8.42 Å². The number of rotatable bonds is 12. The molecule has 0 bridgehead atoms. The van der Waals surface area contributed by atoms with Crippen LogP contribution in [0.3, 0.4) is 0 Å². The standard InChI is InChI=1S/C26H29NO8S/c1-4-34-22-12-10-18(14-24(22)33-3)16-27-25(29)15-19-11-13-23(32-2)26(21(19)17-28)35-36(30,31)20-8-6-5-7-9-20/h5-14,28H,4,15-17H2,1-3H3,(H,27,29). The van der Waals surface area contributed by atoms with Crippen molar-refractivity contribution in [3.63, 3.8) is 0 Å². The van der Waals surface area contributed by atoms with Crippen molar-refractivity contribution in [1.29, 1.82) is 0 Å². The maximum atomic E-state index is 12.8. The molecule has 2 N–H and O–H groups in total. The summed E-state index contributed by atoms with van der Waals surface area (Å²) in [5.41, 5.74) is 1.35. The molecule has 0 aliphatic rings. The first-order valence-corrected chi connectivity index (χ1v) is 12.6. The molecule has 3 aromatic carbocycles. The van der Waals surface area contributed by atoms with Gasteiger partial charge in [0.2, 0.25) is 5.91 Å². The van der Waals surface area contributed by atoms with Gasteiger partial charge < -0.3 is 28.8 Å². The van der Waals surface area contributed by atoms with Gasteiger partial charge in [0, 0.05) is 12.1 Å². The molecule has 3 rings (SSSR count). The van der Waals surface area contributed by atoms with E-state index in [0.717, 1.165) is 5.56 Å². The Morgan fingerprint density at radius 2 is 1.64 bits per heavy atom. The Balaban J connectivity index is 1.79. The van der Waals surface area contributed by atoms with Crippen LogP contribution >= 0.6 is 0 Å². The zero-order valence-corrected chi connectivity index (χ0v) is 21.1. The Morgan fingerprint density at radius 1 is 0.944 bits per heavy atom. The molecule has 36 heavy (non-hydrogen) atoms. The molecular weight excluding hydrogens is 486 g/mol. The lowest BCUT2D eigenvalue weighted by Gasteiger charge is -2.17. The topological polar surface area (TPSA) is 120 Å². The van der Waals surface area contributed by atoms with E-state index in [9.17, 15) is 18.3 Å². The van der Waals surface area contributed by atoms with Gasteiger partial charge in [0.05, 0.1) is 33.9 Å². The van der Waals surface area contributed by atoms with Gasteiger partial charge in [-0.25, -0.2) is 0 Å². The SMILES string of the molecule is CCOc1ccc(CNC(=O)Cc2ccc(OC)c(OS(=O)(=O)c3ccccc3)c2CO)cc1OC. The Labute approximate surface area is 210 Å². The van der Waals surface area contributed by atoms with Gasteiger partial charge in [0.15, 0.2) is 23.0 Å². The van der Waals surface area contributed by atoms with Gasteiger partial charge in [-0.1, -0.05) is 30.3 Å². The van der Waals surface area contributed by atoms with Crippen LogP contribution in [0.5, 0.6) is 23.0 Å². The third-order valence-corrected chi connectivity index (χ3v) is 6.53. The maximum absolute atomic E-state index is 12.8. The molecular formula is C26H29NO8S. The summed E-state index contributed by atoms with van der Waals surface area (Å²) in [5.74, 6) is 0.788. The number of methoxy groups -OCH3 is 2. The average molecular weight is 516 g/mol. The second kappa shape index (κ2) is 12.3. The highest BCUT2D eigenvalue weighted by Gasteiger charge is 2.24. The van der Waals surface area contributed by atoms with Crippen molar-refractivity contribution in [2.24, 2.45) is 0 Å². The van der Waals surface area contributed by atoms with Crippen LogP contribution in [0.25, 0.3) is 0 Å². The highest BCUT2D eigenvalue weighted by Crippen LogP contribution is 2.36. The number of ether oxygens (including phenoxy) is 3. The van der Waals surface area contributed by atoms with Crippen molar-refractivity contribution in [3.05, 3.63) is 77.4 Å². The lowest BCUT2D eigenvalue weighted by atomic mass is 10.0. The van der Waals surface area contributed by atoms with E-state index in [4.69, 9.17) is 18.4 Å². The average Bonchev–Trinajstić information content (AvgIpc) is 2.89. The van der Waals surface area contributed by atoms with E-state index >= 15 is 0 Å². The van der Waals surface area contributed by atoms with Crippen molar-refractivity contribution < 1.29 is 36.7 Å². The molecule has 0 aromatic heterocycles. The van der Waals surface area contributed by atoms with Crippen LogP contribution in [0.4, 0.5) is 0 Å². The maximum Gasteiger partial charge on any atom is 0.339 e. The highest BCUT2D eigenvalue weighted by molar-refractivity contribution is 7.87. The molecule has 9 nitrogen and oxygen atoms in total. The van der Waals surface area contributed by atoms with Crippen LogP contribution < -0.4 is 23.7 Å². The zero-order valence-electron chi connectivity index (χ0n) is 20.3. The normalized spacial score (nSPS) is 11.0. The molecule has 0 saturated heterocycles. The minimum atomic E-state index is -4.20. The van der Waals surface area contributed by atoms with E-state index in [1.807, 2.05) is 13.0 Å². The number of benzene rings is 3. The second-order valence-corrected chi connectivity index (χ2v) is 9.16. The number of carbonyl (C=O) groups is 1. The van der Waals surface area contributed by atoms with Crippen LogP contribution in [-0.2, 0) is 34.5 Å². The molecule has 0 unspecified atom stereocenters. The molecule has 0 aliphatic carbocycles. The van der Waals surface area contributed by atoms with Gasteiger partial charge in [0.25, 0.3) is 0 Å². The summed E-state index contributed by atoms with van der Waals surface area (Å²) >= 11 is 0. The Kier molecular flexibility index (Phi) is 9.15. The predicted octanol–water partition coefficient (Wildman–Crippen LogP) is 3.22. The molecule has 192 valence electrons. The van der Waals surface area contributed by atoms with Crippen LogP contribution in [0.2, 0.25) is 0 Å². The molecule has 0 atom stereocenters. The summed E-state index contributed by atoms with van der Waals surface area (Å²) in [6, 6.07) is 16.1. The quantitative estimate of drug-likeness (QED) is 0.353. The summed E-state index contributed by atoms with van der Waals surface area (Å²) < 4.78 is 47.1. The first-order valence-electron chi connectivity index (χ1n) is 11.2. The summed E-state index contributed by atoms with van der Waals surface area (Å²) in [6.45, 7) is 2.05. The fourth-order valence-corrected chi connectivity index (χ4v) is 4.50. The van der Waals surface area contributed by atoms with Crippen molar-refractivity contribution in [2.45, 2.75) is 31.4 Å². The molecule has 0 spiro atoms. The van der Waals surface area contributed by atoms with Gasteiger partial charge in [0.1, 0.15) is 4.90 Å². The van der Waals surface area contributed by atoms with E-state index in [0.29, 0.717) is 23.7 Å². The predicted molar refractivity (Wildman–Crippen MR) is 133 cm³/mol. The minimum absolute atomic E-state index is 0.0510. The first-order chi connectivity index (χ1) is 17.3. The van der Waals surface area contributed by atoms with E-state index in [1.165, 1.54) is 32.4 Å². The molecule has 3 aromatic rings. The van der Waals surface area contributed by atoms with Crippen molar-refractivity contribution in [1.82, 2.24) is 5.32 Å². The number of hydrogen-bond donors (Lipinski definition) is 2. The monoisotopic (exact) mass is 515 g/mol. The number of aliphatic hydroxyl groups excluding tert-OH is 1. The molecule has 0 fully saturated rings. The summed E-state index contributed by atoms with van der Waals surface area (Å²) in [7, 11) is -1.30. The summed E-state index contributed by atoms with van der Waals surface area (Å²) in [6.07, 6.45) is -0.115. The van der Waals surface area contributed by atoms with E-state index in [-0.39, 0.29) is 40.8 Å². The Bertz CT molecular complexity index is 1290. The Hall–Kier alpha value is -3.76. The van der Waals surface area contributed by atoms with E-state index < -0.39 is 16.7 Å². The number of hydrogen-bond acceptors (Lipinski definition) is 8. The summed E-state index contributed by atoms with van der Waals surface area (Å²) in [5, 5.41) is 12.9. The van der Waals surface area contributed by atoms with Crippen molar-refractivity contribution >= 4 is 16.0 Å². The molecule has 10 heteroatoms. The van der Waals surface area contributed by atoms with Gasteiger partial charge in [-0.15, -0.1) is 0 Å². The van der Waals surface area contributed by atoms with Crippen molar-refractivity contribution in [2.75, 3.05) is 20.8 Å². The largest absolute Gasteiger partial charge is 0.493 e. The second-order valence-electron chi connectivity index (χ2n) is 7.61.